The minimum Gasteiger partial charge on any atom is -0.370 e. The zero-order valence-corrected chi connectivity index (χ0v) is 13.3. The van der Waals surface area contributed by atoms with Crippen LogP contribution in [0.3, 0.4) is 0 Å². The average Bonchev–Trinajstić information content (AvgIpc) is 2.49. The van der Waals surface area contributed by atoms with E-state index in [0.29, 0.717) is 12.4 Å². The molecular formula is C17H21N5O. The van der Waals surface area contributed by atoms with Gasteiger partial charge in [0.2, 0.25) is 5.91 Å². The van der Waals surface area contributed by atoms with Crippen molar-refractivity contribution in [3.63, 3.8) is 0 Å². The molecule has 0 bridgehead atoms. The molecule has 0 aliphatic heterocycles. The third-order valence-corrected chi connectivity index (χ3v) is 3.09. The van der Waals surface area contributed by atoms with Crippen LogP contribution in [0.1, 0.15) is 17.5 Å². The van der Waals surface area contributed by atoms with E-state index in [2.05, 4.69) is 20.6 Å². The number of amides is 1. The van der Waals surface area contributed by atoms with Crippen molar-refractivity contribution in [3.8, 4) is 0 Å². The van der Waals surface area contributed by atoms with Gasteiger partial charge < -0.3 is 16.4 Å². The van der Waals surface area contributed by atoms with E-state index in [1.807, 2.05) is 44.2 Å². The van der Waals surface area contributed by atoms with Gasteiger partial charge in [-0.2, -0.15) is 0 Å². The average molecular weight is 311 g/mol. The minimum atomic E-state index is -0.145. The van der Waals surface area contributed by atoms with Gasteiger partial charge in [0, 0.05) is 18.3 Å². The molecule has 2 aromatic rings. The Kier molecular flexibility index (Phi) is 5.68. The SMILES string of the molecule is Cc1ccc(NC(=O)CCN=C(N)Nc2cccc(C)c2)nc1. The standard InChI is InChI=1S/C17H21N5O/c1-12-4-3-5-14(10-12)21-17(18)19-9-8-16(23)22-15-7-6-13(2)11-20-15/h3-7,10-11H,8-9H2,1-2H3,(H3,18,19,21)(H,20,22,23). The minimum absolute atomic E-state index is 0.145. The van der Waals surface area contributed by atoms with E-state index in [9.17, 15) is 4.79 Å². The van der Waals surface area contributed by atoms with E-state index in [4.69, 9.17) is 5.73 Å². The molecule has 0 unspecified atom stereocenters. The van der Waals surface area contributed by atoms with E-state index in [0.717, 1.165) is 16.8 Å². The van der Waals surface area contributed by atoms with Crippen LogP contribution in [-0.4, -0.2) is 23.4 Å². The molecule has 4 N–H and O–H groups in total. The monoisotopic (exact) mass is 311 g/mol. The van der Waals surface area contributed by atoms with Crippen LogP contribution in [0.4, 0.5) is 11.5 Å². The highest BCUT2D eigenvalue weighted by atomic mass is 16.1. The van der Waals surface area contributed by atoms with Crippen molar-refractivity contribution in [2.45, 2.75) is 20.3 Å². The van der Waals surface area contributed by atoms with Gasteiger partial charge in [0.15, 0.2) is 5.96 Å². The summed E-state index contributed by atoms with van der Waals surface area (Å²) in [6.45, 7) is 4.25. The smallest absolute Gasteiger partial charge is 0.227 e. The van der Waals surface area contributed by atoms with E-state index < -0.39 is 0 Å². The van der Waals surface area contributed by atoms with Crippen LogP contribution in [0, 0.1) is 13.8 Å². The lowest BCUT2D eigenvalue weighted by molar-refractivity contribution is -0.116. The second-order valence-electron chi connectivity index (χ2n) is 5.28. The lowest BCUT2D eigenvalue weighted by Crippen LogP contribution is -2.23. The molecule has 0 saturated heterocycles. The third kappa shape index (κ3) is 5.78. The number of hydrogen-bond acceptors (Lipinski definition) is 3. The molecule has 0 aliphatic rings. The summed E-state index contributed by atoms with van der Waals surface area (Å²) in [4.78, 5) is 20.1. The molecule has 1 heterocycles. The van der Waals surface area contributed by atoms with E-state index >= 15 is 0 Å². The lowest BCUT2D eigenvalue weighted by atomic mass is 10.2. The first kappa shape index (κ1) is 16.5. The van der Waals surface area contributed by atoms with Crippen LogP contribution in [0.15, 0.2) is 47.6 Å². The Morgan fingerprint density at radius 2 is 2.00 bits per heavy atom. The fraction of sp³-hybridized carbons (Fsp3) is 0.235. The molecule has 6 nitrogen and oxygen atoms in total. The first-order valence-electron chi connectivity index (χ1n) is 7.39. The molecule has 0 saturated carbocycles. The fourth-order valence-electron chi connectivity index (χ4n) is 1.94. The summed E-state index contributed by atoms with van der Waals surface area (Å²) in [7, 11) is 0. The van der Waals surface area contributed by atoms with Crippen molar-refractivity contribution in [1.29, 1.82) is 0 Å². The maximum Gasteiger partial charge on any atom is 0.227 e. The Hall–Kier alpha value is -2.89. The van der Waals surface area contributed by atoms with Crippen molar-refractivity contribution in [3.05, 3.63) is 53.7 Å². The van der Waals surface area contributed by atoms with Gasteiger partial charge in [0.05, 0.1) is 6.54 Å². The van der Waals surface area contributed by atoms with Crippen LogP contribution >= 0.6 is 0 Å². The number of anilines is 2. The molecule has 120 valence electrons. The number of nitrogens with zero attached hydrogens (tertiary/aromatic N) is 2. The molecule has 2 rings (SSSR count). The number of carbonyl (C=O) groups is 1. The van der Waals surface area contributed by atoms with Gasteiger partial charge in [-0.15, -0.1) is 0 Å². The number of hydrogen-bond donors (Lipinski definition) is 3. The summed E-state index contributed by atoms with van der Waals surface area (Å²) >= 11 is 0. The largest absolute Gasteiger partial charge is 0.370 e. The molecule has 0 fully saturated rings. The topological polar surface area (TPSA) is 92.4 Å². The van der Waals surface area contributed by atoms with Crippen LogP contribution in [0.25, 0.3) is 0 Å². The van der Waals surface area contributed by atoms with Gasteiger partial charge in [-0.25, -0.2) is 4.98 Å². The zero-order valence-electron chi connectivity index (χ0n) is 13.3. The van der Waals surface area contributed by atoms with E-state index in [-0.39, 0.29) is 18.3 Å². The van der Waals surface area contributed by atoms with E-state index in [1.54, 1.807) is 12.3 Å². The predicted octanol–water partition coefficient (Wildman–Crippen LogP) is 2.45. The zero-order chi connectivity index (χ0) is 16.7. The molecule has 0 spiro atoms. The Morgan fingerprint density at radius 1 is 1.17 bits per heavy atom. The number of aryl methyl sites for hydroxylation is 2. The number of carbonyl (C=O) groups excluding carboxylic acids is 1. The highest BCUT2D eigenvalue weighted by Gasteiger charge is 2.03. The molecule has 1 aromatic carbocycles. The van der Waals surface area contributed by atoms with Gasteiger partial charge in [-0.05, 0) is 43.2 Å². The first-order valence-corrected chi connectivity index (χ1v) is 7.39. The number of aromatic nitrogens is 1. The molecule has 23 heavy (non-hydrogen) atoms. The number of aliphatic imine (C=N–C) groups is 1. The van der Waals surface area contributed by atoms with Crippen molar-refractivity contribution in [2.75, 3.05) is 17.2 Å². The van der Waals surface area contributed by atoms with Crippen LogP contribution < -0.4 is 16.4 Å². The number of nitrogens with one attached hydrogen (secondary N) is 2. The van der Waals surface area contributed by atoms with Gasteiger partial charge in [0.25, 0.3) is 0 Å². The third-order valence-electron chi connectivity index (χ3n) is 3.09. The number of rotatable bonds is 5. The second kappa shape index (κ2) is 7.93. The summed E-state index contributed by atoms with van der Waals surface area (Å²) in [5, 5.41) is 5.72. The van der Waals surface area contributed by atoms with Crippen molar-refractivity contribution < 1.29 is 4.79 Å². The van der Waals surface area contributed by atoms with Gasteiger partial charge in [-0.1, -0.05) is 18.2 Å². The summed E-state index contributed by atoms with van der Waals surface area (Å²) in [5.74, 6) is 0.681. The van der Waals surface area contributed by atoms with Crippen LogP contribution in [-0.2, 0) is 4.79 Å². The molecule has 1 aromatic heterocycles. The highest BCUT2D eigenvalue weighted by molar-refractivity contribution is 5.93. The quantitative estimate of drug-likeness (QED) is 0.584. The summed E-state index contributed by atoms with van der Waals surface area (Å²) in [5.41, 5.74) is 8.86. The number of benzene rings is 1. The number of pyridine rings is 1. The van der Waals surface area contributed by atoms with Crippen LogP contribution in [0.5, 0.6) is 0 Å². The van der Waals surface area contributed by atoms with Crippen molar-refractivity contribution in [1.82, 2.24) is 4.98 Å². The van der Waals surface area contributed by atoms with Crippen molar-refractivity contribution >= 4 is 23.4 Å². The highest BCUT2D eigenvalue weighted by Crippen LogP contribution is 2.09. The maximum absolute atomic E-state index is 11.8. The van der Waals surface area contributed by atoms with Crippen LogP contribution in [0.2, 0.25) is 0 Å². The second-order valence-corrected chi connectivity index (χ2v) is 5.28. The maximum atomic E-state index is 11.8. The normalized spacial score (nSPS) is 11.1. The molecule has 0 atom stereocenters. The Morgan fingerprint density at radius 3 is 2.70 bits per heavy atom. The molecular weight excluding hydrogens is 290 g/mol. The summed E-state index contributed by atoms with van der Waals surface area (Å²) in [6.07, 6.45) is 1.95. The summed E-state index contributed by atoms with van der Waals surface area (Å²) in [6, 6.07) is 11.5. The Balaban J connectivity index is 1.78. The van der Waals surface area contributed by atoms with E-state index in [1.165, 1.54) is 0 Å². The van der Waals surface area contributed by atoms with Gasteiger partial charge >= 0.3 is 0 Å². The predicted molar refractivity (Wildman–Crippen MR) is 93.5 cm³/mol. The molecule has 1 amide bonds. The lowest BCUT2D eigenvalue weighted by Gasteiger charge is -2.06. The first-order chi connectivity index (χ1) is 11.0. The van der Waals surface area contributed by atoms with Gasteiger partial charge in [0.1, 0.15) is 5.82 Å². The molecule has 0 aliphatic carbocycles. The van der Waals surface area contributed by atoms with Gasteiger partial charge in [-0.3, -0.25) is 9.79 Å². The number of nitrogens with two attached hydrogens (primary N) is 1. The molecule has 6 heteroatoms. The molecule has 0 radical (unpaired) electrons. The van der Waals surface area contributed by atoms with Crippen molar-refractivity contribution in [2.24, 2.45) is 10.7 Å². The fourth-order valence-corrected chi connectivity index (χ4v) is 1.94. The number of guanidine groups is 1. The Bertz CT molecular complexity index is 694. The Labute approximate surface area is 135 Å². The summed E-state index contributed by atoms with van der Waals surface area (Å²) < 4.78 is 0.